The van der Waals surface area contributed by atoms with Crippen molar-refractivity contribution in [2.75, 3.05) is 6.61 Å². The monoisotopic (exact) mass is 191 g/mol. The molecule has 2 fully saturated rings. The Bertz CT molecular complexity index is 232. The van der Waals surface area contributed by atoms with Gasteiger partial charge in [-0.05, 0) is 30.6 Å². The lowest BCUT2D eigenvalue weighted by molar-refractivity contribution is 0.0263. The third kappa shape index (κ3) is 1.81. The van der Waals surface area contributed by atoms with Crippen molar-refractivity contribution in [3.8, 4) is 5.97 Å². The van der Waals surface area contributed by atoms with E-state index in [-0.39, 0.29) is 0 Å². The summed E-state index contributed by atoms with van der Waals surface area (Å²) in [6, 6.07) is 0. The van der Waals surface area contributed by atoms with Crippen molar-refractivity contribution < 1.29 is 5.11 Å². The zero-order chi connectivity index (χ0) is 10.0. The Kier molecular flexibility index (Phi) is 2.83. The molecule has 2 nitrogen and oxygen atoms in total. The van der Waals surface area contributed by atoms with Gasteiger partial charge in [-0.3, -0.25) is 0 Å². The molecule has 76 valence electrons. The fourth-order valence-corrected chi connectivity index (χ4v) is 3.32. The van der Waals surface area contributed by atoms with Crippen molar-refractivity contribution in [1.82, 2.24) is 0 Å². The molecule has 1 saturated carbocycles. The molecule has 0 unspecified atom stereocenters. The molecular weight excluding hydrogens is 173 g/mol. The molecule has 0 aromatic heterocycles. The highest BCUT2D eigenvalue weighted by molar-refractivity contribution is 6.67. The number of hydrogen-bond donors (Lipinski definition) is 1. The predicted molar refractivity (Wildman–Crippen MR) is 57.1 cm³/mol. The van der Waals surface area contributed by atoms with E-state index < -0.39 is 0 Å². The summed E-state index contributed by atoms with van der Waals surface area (Å²) in [5.41, 5.74) is 0.590. The Morgan fingerprint density at radius 3 is 2.50 bits per heavy atom. The first-order valence-corrected chi connectivity index (χ1v) is 5.78. The van der Waals surface area contributed by atoms with Crippen LogP contribution < -0.4 is 0 Å². The Morgan fingerprint density at radius 1 is 1.36 bits per heavy atom. The van der Waals surface area contributed by atoms with Gasteiger partial charge < -0.3 is 5.11 Å². The standard InChI is InChI=1S/C11H18BNO/c13-9-12-4-2-11(3-5-12)7-10(8-11)1-6-14/h10,14H,1-8H2. The summed E-state index contributed by atoms with van der Waals surface area (Å²) < 4.78 is 0. The highest BCUT2D eigenvalue weighted by Gasteiger charge is 2.46. The molecule has 0 radical (unpaired) electrons. The number of nitriles is 1. The summed E-state index contributed by atoms with van der Waals surface area (Å²) in [5.74, 6) is 3.16. The van der Waals surface area contributed by atoms with Gasteiger partial charge in [-0.2, -0.15) is 0 Å². The second-order valence-corrected chi connectivity index (χ2v) is 5.19. The van der Waals surface area contributed by atoms with Crippen molar-refractivity contribution in [2.45, 2.75) is 44.7 Å². The third-order valence-electron chi connectivity index (χ3n) is 4.21. The summed E-state index contributed by atoms with van der Waals surface area (Å²) in [7, 11) is 0. The number of hydrogen-bond acceptors (Lipinski definition) is 2. The highest BCUT2D eigenvalue weighted by atomic mass is 16.3. The smallest absolute Gasteiger partial charge is 0.267 e. The van der Waals surface area contributed by atoms with E-state index in [0.717, 1.165) is 25.0 Å². The molecule has 0 amide bonds. The van der Waals surface area contributed by atoms with Crippen molar-refractivity contribution in [2.24, 2.45) is 11.3 Å². The molecule has 2 aliphatic rings. The summed E-state index contributed by atoms with van der Waals surface area (Å²) in [5, 5.41) is 17.6. The second kappa shape index (κ2) is 3.94. The molecule has 14 heavy (non-hydrogen) atoms. The normalized spacial score (nSPS) is 25.9. The molecule has 1 aliphatic heterocycles. The van der Waals surface area contributed by atoms with Gasteiger partial charge >= 0.3 is 0 Å². The first-order chi connectivity index (χ1) is 6.78. The molecule has 0 atom stereocenters. The van der Waals surface area contributed by atoms with Crippen LogP contribution in [0.4, 0.5) is 0 Å². The minimum atomic E-state index is 0.331. The fraction of sp³-hybridized carbons (Fsp3) is 0.909. The van der Waals surface area contributed by atoms with Crippen LogP contribution in [0, 0.1) is 22.6 Å². The van der Waals surface area contributed by atoms with E-state index in [1.165, 1.54) is 25.7 Å². The maximum Gasteiger partial charge on any atom is 0.267 e. The van der Waals surface area contributed by atoms with Crippen LogP contribution in [0.15, 0.2) is 0 Å². The van der Waals surface area contributed by atoms with Gasteiger partial charge in [0.15, 0.2) is 0 Å². The molecule has 0 aromatic carbocycles. The zero-order valence-corrected chi connectivity index (χ0v) is 8.71. The molecule has 3 heteroatoms. The molecule has 1 aliphatic carbocycles. The predicted octanol–water partition coefficient (Wildman–Crippen LogP) is 2.12. The van der Waals surface area contributed by atoms with Crippen LogP contribution in [0.2, 0.25) is 12.6 Å². The Balaban J connectivity index is 1.77. The van der Waals surface area contributed by atoms with Crippen molar-refractivity contribution in [3.05, 3.63) is 0 Å². The first kappa shape index (κ1) is 10.0. The van der Waals surface area contributed by atoms with Gasteiger partial charge in [0.1, 0.15) is 0 Å². The summed E-state index contributed by atoms with van der Waals surface area (Å²) in [6.45, 7) is 0.680. The number of aliphatic hydroxyl groups is 1. The summed E-state index contributed by atoms with van der Waals surface area (Å²) in [4.78, 5) is 0. The maximum atomic E-state index is 8.83. The third-order valence-corrected chi connectivity index (χ3v) is 4.21. The topological polar surface area (TPSA) is 44.0 Å². The molecule has 2 rings (SSSR count). The van der Waals surface area contributed by atoms with Crippen molar-refractivity contribution in [1.29, 1.82) is 5.26 Å². The lowest BCUT2D eigenvalue weighted by Crippen LogP contribution is -2.41. The largest absolute Gasteiger partial charge is 0.396 e. The minimum absolute atomic E-state index is 0.331. The van der Waals surface area contributed by atoms with Crippen LogP contribution >= 0.6 is 0 Å². The van der Waals surface area contributed by atoms with Crippen molar-refractivity contribution >= 4 is 6.71 Å². The van der Waals surface area contributed by atoms with Crippen molar-refractivity contribution in [3.63, 3.8) is 0 Å². The molecule has 1 heterocycles. The number of rotatable bonds is 2. The van der Waals surface area contributed by atoms with E-state index in [9.17, 15) is 0 Å². The first-order valence-electron chi connectivity index (χ1n) is 5.78. The quantitative estimate of drug-likeness (QED) is 0.679. The average Bonchev–Trinajstić information content (AvgIpc) is 2.17. The van der Waals surface area contributed by atoms with E-state index in [0.29, 0.717) is 18.7 Å². The van der Waals surface area contributed by atoms with Gasteiger partial charge in [0.25, 0.3) is 6.71 Å². The van der Waals surface area contributed by atoms with Crippen LogP contribution in [0.3, 0.4) is 0 Å². The van der Waals surface area contributed by atoms with Gasteiger partial charge in [-0.15, -0.1) is 0 Å². The molecule has 0 aromatic rings. The van der Waals surface area contributed by atoms with E-state index >= 15 is 0 Å². The van der Waals surface area contributed by atoms with Crippen LogP contribution in [-0.4, -0.2) is 18.4 Å². The van der Waals surface area contributed by atoms with Crippen LogP contribution in [0.5, 0.6) is 0 Å². The average molecular weight is 191 g/mol. The lowest BCUT2D eigenvalue weighted by Gasteiger charge is -2.51. The van der Waals surface area contributed by atoms with Crippen LogP contribution in [0.1, 0.15) is 32.1 Å². The fourth-order valence-electron chi connectivity index (χ4n) is 3.32. The molecule has 0 bridgehead atoms. The lowest BCUT2D eigenvalue weighted by atomic mass is 9.36. The molecule has 1 saturated heterocycles. The van der Waals surface area contributed by atoms with Gasteiger partial charge in [0.05, 0.1) is 0 Å². The summed E-state index contributed by atoms with van der Waals surface area (Å²) in [6.07, 6.45) is 8.35. The molecule has 1 spiro atoms. The SMILES string of the molecule is N#CB1CCC2(CC1)CC(CCO)C2. The maximum absolute atomic E-state index is 8.83. The number of nitrogens with zero attached hydrogens (tertiary/aromatic N) is 1. The van der Waals surface area contributed by atoms with Gasteiger partial charge in [0, 0.05) is 12.6 Å². The van der Waals surface area contributed by atoms with Crippen LogP contribution in [-0.2, 0) is 0 Å². The van der Waals surface area contributed by atoms with E-state index in [4.69, 9.17) is 10.4 Å². The minimum Gasteiger partial charge on any atom is -0.396 e. The Labute approximate surface area is 86.4 Å². The van der Waals surface area contributed by atoms with Crippen LogP contribution in [0.25, 0.3) is 0 Å². The second-order valence-electron chi connectivity index (χ2n) is 5.19. The Hall–Kier alpha value is -0.485. The zero-order valence-electron chi connectivity index (χ0n) is 8.71. The van der Waals surface area contributed by atoms with E-state index in [1.807, 2.05) is 0 Å². The molecule has 1 N–H and O–H groups in total. The number of aliphatic hydroxyl groups excluding tert-OH is 1. The summed E-state index contributed by atoms with van der Waals surface area (Å²) >= 11 is 0. The van der Waals surface area contributed by atoms with Gasteiger partial charge in [-0.25, -0.2) is 5.26 Å². The Morgan fingerprint density at radius 2 is 2.00 bits per heavy atom. The van der Waals surface area contributed by atoms with Gasteiger partial charge in [-0.1, -0.05) is 25.5 Å². The van der Waals surface area contributed by atoms with E-state index in [2.05, 4.69) is 5.97 Å². The van der Waals surface area contributed by atoms with Gasteiger partial charge in [0.2, 0.25) is 0 Å². The highest BCUT2D eigenvalue weighted by Crippen LogP contribution is 2.55. The molecular formula is C11H18BNO. The van der Waals surface area contributed by atoms with E-state index in [1.54, 1.807) is 0 Å².